The lowest BCUT2D eigenvalue weighted by Gasteiger charge is -2.38. The molecule has 0 saturated carbocycles. The van der Waals surface area contributed by atoms with Gasteiger partial charge in [-0.3, -0.25) is 19.2 Å². The van der Waals surface area contributed by atoms with Crippen LogP contribution in [0.5, 0.6) is 0 Å². The van der Waals surface area contributed by atoms with E-state index in [1.165, 1.54) is 4.90 Å². The van der Waals surface area contributed by atoms with Gasteiger partial charge in [0.25, 0.3) is 0 Å². The van der Waals surface area contributed by atoms with E-state index in [-0.39, 0.29) is 38.0 Å². The SMILES string of the molecule is C=CCCC(=O)OC[C@H](NC(=O)[C@@H]1[C@@H]2CC[C@]3(O2)[C@H](C(=O)N(CC=C)Cc2ccccc2)N([C@H](C)CO)C(=O)[C@@H]13)c1ccccc1. The summed E-state index contributed by atoms with van der Waals surface area (Å²) in [5, 5.41) is 13.2. The summed E-state index contributed by atoms with van der Waals surface area (Å²) in [6.07, 6.45) is 4.30. The van der Waals surface area contributed by atoms with Crippen LogP contribution in [0.1, 0.15) is 49.8 Å². The van der Waals surface area contributed by atoms with Crippen LogP contribution in [0.25, 0.3) is 0 Å². The van der Waals surface area contributed by atoms with Crippen LogP contribution in [0.4, 0.5) is 0 Å². The Hall–Kier alpha value is -4.28. The zero-order valence-corrected chi connectivity index (χ0v) is 26.3. The maximum atomic E-state index is 14.5. The number of ether oxygens (including phenoxy) is 2. The molecular weight excluding hydrogens is 586 g/mol. The van der Waals surface area contributed by atoms with Gasteiger partial charge in [0.05, 0.1) is 36.6 Å². The van der Waals surface area contributed by atoms with E-state index in [0.717, 1.165) is 11.1 Å². The fourth-order valence-corrected chi connectivity index (χ4v) is 7.24. The number of carbonyl (C=O) groups excluding carboxylic acids is 4. The standard InChI is InChI=1S/C36H43N3O7/c1-4-6-17-29(41)45-23-27(26-15-11-8-12-16-26)37-33(42)30-28-18-19-36(46-28)31(30)34(43)39(24(3)22-40)32(36)35(44)38(20-5-2)21-25-13-9-7-10-14-25/h4-5,7-16,24,27-28,30-32,40H,1-2,6,17-23H2,3H3,(H,37,42)/t24-,27+,28+,30-,31-,32+,36-/m1/s1. The summed E-state index contributed by atoms with van der Waals surface area (Å²) in [5.74, 6) is -3.28. The summed E-state index contributed by atoms with van der Waals surface area (Å²) in [7, 11) is 0. The minimum Gasteiger partial charge on any atom is -0.463 e. The normalized spacial score (nSPS) is 25.8. The van der Waals surface area contributed by atoms with Crippen molar-refractivity contribution in [1.29, 1.82) is 0 Å². The van der Waals surface area contributed by atoms with E-state index >= 15 is 0 Å². The average Bonchev–Trinajstić information content (AvgIpc) is 3.73. The van der Waals surface area contributed by atoms with Gasteiger partial charge in [0, 0.05) is 19.5 Å². The summed E-state index contributed by atoms with van der Waals surface area (Å²) in [6.45, 7) is 9.28. The molecule has 0 aliphatic carbocycles. The van der Waals surface area contributed by atoms with E-state index in [1.54, 1.807) is 24.0 Å². The first kappa shape index (κ1) is 33.1. The summed E-state index contributed by atoms with van der Waals surface area (Å²) in [4.78, 5) is 58.3. The Labute approximate surface area is 270 Å². The Morgan fingerprint density at radius 1 is 1.13 bits per heavy atom. The molecular formula is C36H43N3O7. The Kier molecular flexibility index (Phi) is 10.4. The van der Waals surface area contributed by atoms with E-state index in [4.69, 9.17) is 9.47 Å². The van der Waals surface area contributed by atoms with Gasteiger partial charge in [-0.1, -0.05) is 72.8 Å². The third-order valence-corrected chi connectivity index (χ3v) is 9.37. The molecule has 5 rings (SSSR count). The van der Waals surface area contributed by atoms with Crippen LogP contribution in [-0.4, -0.2) is 82.1 Å². The number of nitrogens with zero attached hydrogens (tertiary/aromatic N) is 2. The fraction of sp³-hybridized carbons (Fsp3) is 0.444. The number of hydrogen-bond acceptors (Lipinski definition) is 7. The van der Waals surface area contributed by atoms with Crippen molar-refractivity contribution < 1.29 is 33.8 Å². The van der Waals surface area contributed by atoms with Crippen molar-refractivity contribution in [3.05, 3.63) is 97.1 Å². The zero-order chi connectivity index (χ0) is 32.8. The Bertz CT molecular complexity index is 1430. The van der Waals surface area contributed by atoms with E-state index < -0.39 is 53.5 Å². The molecule has 244 valence electrons. The molecule has 7 atom stereocenters. The molecule has 2 aromatic carbocycles. The molecule has 3 aliphatic heterocycles. The van der Waals surface area contributed by atoms with Crippen molar-refractivity contribution in [3.63, 3.8) is 0 Å². The number of amides is 3. The van der Waals surface area contributed by atoms with Gasteiger partial charge in [-0.15, -0.1) is 13.2 Å². The maximum Gasteiger partial charge on any atom is 0.306 e. The lowest BCUT2D eigenvalue weighted by atomic mass is 9.70. The molecule has 46 heavy (non-hydrogen) atoms. The third-order valence-electron chi connectivity index (χ3n) is 9.37. The zero-order valence-electron chi connectivity index (χ0n) is 26.3. The van der Waals surface area contributed by atoms with Crippen LogP contribution in [0.2, 0.25) is 0 Å². The van der Waals surface area contributed by atoms with Gasteiger partial charge in [-0.05, 0) is 37.3 Å². The van der Waals surface area contributed by atoms with Crippen LogP contribution >= 0.6 is 0 Å². The summed E-state index contributed by atoms with van der Waals surface area (Å²) in [5.41, 5.74) is 0.442. The number of likely N-dealkylation sites (tertiary alicyclic amines) is 1. The number of esters is 1. The smallest absolute Gasteiger partial charge is 0.306 e. The maximum absolute atomic E-state index is 14.5. The van der Waals surface area contributed by atoms with Gasteiger partial charge in [-0.25, -0.2) is 0 Å². The van der Waals surface area contributed by atoms with Gasteiger partial charge < -0.3 is 29.7 Å². The van der Waals surface area contributed by atoms with Gasteiger partial charge in [-0.2, -0.15) is 0 Å². The predicted molar refractivity (Wildman–Crippen MR) is 171 cm³/mol. The topological polar surface area (TPSA) is 125 Å². The van der Waals surface area contributed by atoms with Crippen LogP contribution in [0.3, 0.4) is 0 Å². The Morgan fingerprint density at radius 2 is 1.83 bits per heavy atom. The molecule has 3 aliphatic rings. The molecule has 3 amide bonds. The molecule has 0 unspecified atom stereocenters. The molecule has 2 N–H and O–H groups in total. The van der Waals surface area contributed by atoms with E-state index in [2.05, 4.69) is 18.5 Å². The second-order valence-corrected chi connectivity index (χ2v) is 12.3. The highest BCUT2D eigenvalue weighted by Crippen LogP contribution is 2.59. The number of aliphatic hydroxyl groups excluding tert-OH is 1. The summed E-state index contributed by atoms with van der Waals surface area (Å²) >= 11 is 0. The van der Waals surface area contributed by atoms with Crippen molar-refractivity contribution in [2.45, 2.75) is 69.0 Å². The highest BCUT2D eigenvalue weighted by atomic mass is 16.5. The first-order chi connectivity index (χ1) is 22.2. The molecule has 3 heterocycles. The molecule has 3 fully saturated rings. The first-order valence-electron chi connectivity index (χ1n) is 15.9. The lowest BCUT2D eigenvalue weighted by molar-refractivity contribution is -0.151. The molecule has 2 bridgehead atoms. The van der Waals surface area contributed by atoms with Crippen molar-refractivity contribution in [2.24, 2.45) is 11.8 Å². The van der Waals surface area contributed by atoms with Crippen molar-refractivity contribution in [2.75, 3.05) is 19.8 Å². The number of hydrogen-bond donors (Lipinski definition) is 2. The van der Waals surface area contributed by atoms with Crippen molar-refractivity contribution in [1.82, 2.24) is 15.1 Å². The van der Waals surface area contributed by atoms with Crippen molar-refractivity contribution in [3.8, 4) is 0 Å². The third kappa shape index (κ3) is 6.37. The monoisotopic (exact) mass is 629 g/mol. The highest BCUT2D eigenvalue weighted by molar-refractivity contribution is 5.99. The number of fused-ring (bicyclic) bond motifs is 1. The lowest BCUT2D eigenvalue weighted by Crippen LogP contribution is -2.58. The Balaban J connectivity index is 1.43. The second-order valence-electron chi connectivity index (χ2n) is 12.3. The van der Waals surface area contributed by atoms with Gasteiger partial charge in [0.15, 0.2) is 0 Å². The molecule has 3 saturated heterocycles. The fourth-order valence-electron chi connectivity index (χ4n) is 7.24. The highest BCUT2D eigenvalue weighted by Gasteiger charge is 2.75. The van der Waals surface area contributed by atoms with Gasteiger partial charge in [0.2, 0.25) is 17.7 Å². The van der Waals surface area contributed by atoms with Crippen LogP contribution in [-0.2, 0) is 35.2 Å². The molecule has 10 nitrogen and oxygen atoms in total. The quantitative estimate of drug-likeness (QED) is 0.229. The molecule has 0 radical (unpaired) electrons. The summed E-state index contributed by atoms with van der Waals surface area (Å²) < 4.78 is 12.1. The van der Waals surface area contributed by atoms with E-state index in [9.17, 15) is 24.3 Å². The van der Waals surface area contributed by atoms with Gasteiger partial charge >= 0.3 is 5.97 Å². The number of aliphatic hydroxyl groups is 1. The van der Waals surface area contributed by atoms with Crippen LogP contribution in [0, 0.1) is 11.8 Å². The second kappa shape index (κ2) is 14.4. The number of carbonyl (C=O) groups is 4. The molecule has 10 heteroatoms. The van der Waals surface area contributed by atoms with Crippen LogP contribution in [0.15, 0.2) is 86.0 Å². The number of nitrogens with one attached hydrogen (secondary N) is 1. The minimum atomic E-state index is -1.22. The minimum absolute atomic E-state index is 0.0848. The molecule has 2 aromatic rings. The summed E-state index contributed by atoms with van der Waals surface area (Å²) in [6, 6.07) is 16.4. The first-order valence-corrected chi connectivity index (χ1v) is 15.9. The number of rotatable bonds is 15. The van der Waals surface area contributed by atoms with E-state index in [1.807, 2.05) is 60.7 Å². The Morgan fingerprint density at radius 3 is 2.48 bits per heavy atom. The number of benzene rings is 2. The largest absolute Gasteiger partial charge is 0.463 e. The van der Waals surface area contributed by atoms with E-state index in [0.29, 0.717) is 25.8 Å². The van der Waals surface area contributed by atoms with Gasteiger partial charge in [0.1, 0.15) is 18.2 Å². The predicted octanol–water partition coefficient (Wildman–Crippen LogP) is 3.32. The van der Waals surface area contributed by atoms with Crippen molar-refractivity contribution >= 4 is 23.7 Å². The molecule has 1 spiro atoms. The average molecular weight is 630 g/mol. The van der Waals surface area contributed by atoms with Crippen LogP contribution < -0.4 is 5.32 Å². The number of allylic oxidation sites excluding steroid dienone is 1. The molecule has 0 aromatic heterocycles.